The fraction of sp³-hybridized carbons (Fsp3) is 0.800. The third-order valence-corrected chi connectivity index (χ3v) is 1.22. The van der Waals surface area contributed by atoms with Crippen molar-refractivity contribution >= 4 is 0 Å². The Kier molecular flexibility index (Phi) is 1.47. The monoisotopic (exact) mass is 113 g/mol. The molecule has 1 aliphatic rings. The lowest BCUT2D eigenvalue weighted by Crippen LogP contribution is -2.15. The summed E-state index contributed by atoms with van der Waals surface area (Å²) in [5, 5.41) is 17.1. The lowest BCUT2D eigenvalue weighted by molar-refractivity contribution is 0.123. The fourth-order valence-electron chi connectivity index (χ4n) is 0.666. The van der Waals surface area contributed by atoms with E-state index in [0.717, 1.165) is 0 Å². The van der Waals surface area contributed by atoms with Gasteiger partial charge < -0.3 is 9.84 Å². The molecule has 1 heterocycles. The van der Waals surface area contributed by atoms with E-state index in [0.29, 0.717) is 13.2 Å². The van der Waals surface area contributed by atoms with Crippen LogP contribution in [0.25, 0.3) is 0 Å². The third kappa shape index (κ3) is 0.808. The second-order valence-electron chi connectivity index (χ2n) is 1.84. The van der Waals surface area contributed by atoms with E-state index in [-0.39, 0.29) is 5.92 Å². The number of hydrogen-bond acceptors (Lipinski definition) is 3. The van der Waals surface area contributed by atoms with Crippen LogP contribution in [0, 0.1) is 17.2 Å². The van der Waals surface area contributed by atoms with Crippen molar-refractivity contribution < 1.29 is 9.84 Å². The highest BCUT2D eigenvalue weighted by molar-refractivity contribution is 4.91. The Morgan fingerprint density at radius 2 is 2.38 bits per heavy atom. The van der Waals surface area contributed by atoms with Crippen LogP contribution in [0.1, 0.15) is 0 Å². The zero-order chi connectivity index (χ0) is 5.98. The van der Waals surface area contributed by atoms with E-state index >= 15 is 0 Å². The molecule has 3 heteroatoms. The molecule has 0 amide bonds. The van der Waals surface area contributed by atoms with Crippen molar-refractivity contribution in [1.82, 2.24) is 0 Å². The van der Waals surface area contributed by atoms with Gasteiger partial charge in [0, 0.05) is 0 Å². The predicted molar refractivity (Wildman–Crippen MR) is 25.9 cm³/mol. The van der Waals surface area contributed by atoms with Crippen LogP contribution in [0.15, 0.2) is 0 Å². The summed E-state index contributed by atoms with van der Waals surface area (Å²) in [6.07, 6.45) is -0.556. The van der Waals surface area contributed by atoms with Gasteiger partial charge in [-0.05, 0) is 0 Å². The van der Waals surface area contributed by atoms with Crippen molar-refractivity contribution in [3.63, 3.8) is 0 Å². The zero-order valence-electron chi connectivity index (χ0n) is 4.37. The van der Waals surface area contributed by atoms with Crippen LogP contribution in [0.4, 0.5) is 0 Å². The standard InChI is InChI=1S/C5H7NO2/c6-1-4-2-8-3-5(4)7/h4-5,7H,2-3H2/t4-,5+/m0/s1. The summed E-state index contributed by atoms with van der Waals surface area (Å²) >= 11 is 0. The Bertz CT molecular complexity index is 118. The zero-order valence-corrected chi connectivity index (χ0v) is 4.37. The maximum absolute atomic E-state index is 8.84. The first-order valence-corrected chi connectivity index (χ1v) is 2.50. The Labute approximate surface area is 47.5 Å². The number of ether oxygens (including phenoxy) is 1. The van der Waals surface area contributed by atoms with E-state index in [1.54, 1.807) is 0 Å². The second kappa shape index (κ2) is 2.12. The van der Waals surface area contributed by atoms with Crippen molar-refractivity contribution in [3.8, 4) is 6.07 Å². The van der Waals surface area contributed by atoms with Crippen LogP contribution < -0.4 is 0 Å². The summed E-state index contributed by atoms with van der Waals surface area (Å²) in [6.45, 7) is 0.704. The summed E-state index contributed by atoms with van der Waals surface area (Å²) in [4.78, 5) is 0. The van der Waals surface area contributed by atoms with Crippen LogP contribution >= 0.6 is 0 Å². The molecular formula is C5H7NO2. The van der Waals surface area contributed by atoms with Gasteiger partial charge in [0.05, 0.1) is 31.3 Å². The van der Waals surface area contributed by atoms with E-state index in [2.05, 4.69) is 0 Å². The molecule has 0 aromatic rings. The van der Waals surface area contributed by atoms with E-state index in [1.807, 2.05) is 6.07 Å². The second-order valence-corrected chi connectivity index (χ2v) is 1.84. The first-order chi connectivity index (χ1) is 3.84. The first-order valence-electron chi connectivity index (χ1n) is 2.50. The van der Waals surface area contributed by atoms with E-state index in [4.69, 9.17) is 15.1 Å². The van der Waals surface area contributed by atoms with Crippen molar-refractivity contribution in [3.05, 3.63) is 0 Å². The Hall–Kier alpha value is -0.590. The molecule has 1 fully saturated rings. The fourth-order valence-corrected chi connectivity index (χ4v) is 0.666. The summed E-state index contributed by atoms with van der Waals surface area (Å²) in [5.41, 5.74) is 0. The number of hydrogen-bond donors (Lipinski definition) is 1. The number of rotatable bonds is 0. The van der Waals surface area contributed by atoms with Gasteiger partial charge in [0.25, 0.3) is 0 Å². The Morgan fingerprint density at radius 1 is 1.62 bits per heavy atom. The molecule has 44 valence electrons. The molecule has 2 atom stereocenters. The summed E-state index contributed by atoms with van der Waals surface area (Å²) < 4.78 is 4.79. The van der Waals surface area contributed by atoms with Crippen molar-refractivity contribution in [1.29, 1.82) is 5.26 Å². The predicted octanol–water partition coefficient (Wildman–Crippen LogP) is -0.483. The van der Waals surface area contributed by atoms with Gasteiger partial charge in [-0.1, -0.05) is 0 Å². The molecule has 0 radical (unpaired) electrons. The third-order valence-electron chi connectivity index (χ3n) is 1.22. The maximum Gasteiger partial charge on any atom is 0.0978 e. The normalized spacial score (nSPS) is 37.0. The SMILES string of the molecule is N#C[C@H]1COC[C@H]1O. The molecule has 1 aliphatic heterocycles. The molecule has 3 nitrogen and oxygen atoms in total. The number of nitriles is 1. The summed E-state index contributed by atoms with van der Waals surface area (Å²) in [6, 6.07) is 1.94. The van der Waals surface area contributed by atoms with Gasteiger partial charge in [-0.2, -0.15) is 5.26 Å². The molecule has 0 saturated carbocycles. The number of aliphatic hydroxyl groups excluding tert-OH is 1. The van der Waals surface area contributed by atoms with Gasteiger partial charge in [-0.25, -0.2) is 0 Å². The van der Waals surface area contributed by atoms with E-state index in [9.17, 15) is 0 Å². The van der Waals surface area contributed by atoms with Gasteiger partial charge >= 0.3 is 0 Å². The largest absolute Gasteiger partial charge is 0.389 e. The molecule has 0 bridgehead atoms. The highest BCUT2D eigenvalue weighted by Crippen LogP contribution is 2.10. The van der Waals surface area contributed by atoms with Gasteiger partial charge in [0.1, 0.15) is 0 Å². The van der Waals surface area contributed by atoms with E-state index < -0.39 is 6.10 Å². The summed E-state index contributed by atoms with van der Waals surface area (Å²) in [5.74, 6) is -0.296. The van der Waals surface area contributed by atoms with Crippen LogP contribution in [0.3, 0.4) is 0 Å². The molecule has 0 aromatic heterocycles. The van der Waals surface area contributed by atoms with Gasteiger partial charge in [0.2, 0.25) is 0 Å². The quantitative estimate of drug-likeness (QED) is 0.461. The average Bonchev–Trinajstić information content (AvgIpc) is 2.14. The van der Waals surface area contributed by atoms with Crippen molar-refractivity contribution in [2.24, 2.45) is 5.92 Å². The smallest absolute Gasteiger partial charge is 0.0978 e. The highest BCUT2D eigenvalue weighted by atomic mass is 16.5. The minimum atomic E-state index is -0.556. The molecule has 0 unspecified atom stereocenters. The lowest BCUT2D eigenvalue weighted by atomic mass is 10.1. The minimum absolute atomic E-state index is 0.296. The molecule has 1 saturated heterocycles. The van der Waals surface area contributed by atoms with Crippen molar-refractivity contribution in [2.75, 3.05) is 13.2 Å². The van der Waals surface area contributed by atoms with E-state index in [1.165, 1.54) is 0 Å². The van der Waals surface area contributed by atoms with Gasteiger partial charge in [-0.3, -0.25) is 0 Å². The minimum Gasteiger partial charge on any atom is -0.389 e. The summed E-state index contributed by atoms with van der Waals surface area (Å²) in [7, 11) is 0. The van der Waals surface area contributed by atoms with Crippen LogP contribution in [0.5, 0.6) is 0 Å². The van der Waals surface area contributed by atoms with Gasteiger partial charge in [0.15, 0.2) is 0 Å². The topological polar surface area (TPSA) is 53.2 Å². The van der Waals surface area contributed by atoms with Crippen LogP contribution in [-0.4, -0.2) is 24.4 Å². The molecular weight excluding hydrogens is 106 g/mol. The average molecular weight is 113 g/mol. The Morgan fingerprint density at radius 3 is 2.62 bits per heavy atom. The van der Waals surface area contributed by atoms with Gasteiger partial charge in [-0.15, -0.1) is 0 Å². The number of nitrogens with zero attached hydrogens (tertiary/aromatic N) is 1. The Balaban J connectivity index is 2.45. The number of aliphatic hydroxyl groups is 1. The molecule has 0 spiro atoms. The molecule has 8 heavy (non-hydrogen) atoms. The molecule has 0 aliphatic carbocycles. The first kappa shape index (κ1) is 5.54. The molecule has 0 aromatic carbocycles. The molecule has 1 N–H and O–H groups in total. The highest BCUT2D eigenvalue weighted by Gasteiger charge is 2.25. The van der Waals surface area contributed by atoms with Crippen LogP contribution in [-0.2, 0) is 4.74 Å². The lowest BCUT2D eigenvalue weighted by Gasteiger charge is -1.98. The molecule has 1 rings (SSSR count). The van der Waals surface area contributed by atoms with Crippen molar-refractivity contribution in [2.45, 2.75) is 6.10 Å². The maximum atomic E-state index is 8.84. The van der Waals surface area contributed by atoms with Crippen LogP contribution in [0.2, 0.25) is 0 Å².